The third-order valence-corrected chi connectivity index (χ3v) is 5.37. The molecule has 0 N–H and O–H groups in total. The molecule has 0 amide bonds. The number of benzene rings is 1. The molecule has 32 heavy (non-hydrogen) atoms. The fourth-order valence-electron chi connectivity index (χ4n) is 3.46. The van der Waals surface area contributed by atoms with Crippen LogP contribution < -0.4 is 4.74 Å². The topological polar surface area (TPSA) is 44.2 Å². The standard InChI is InChI=1S/C28H42N2O2/c1-3-5-6-7-8-9-10-14-22-32-27-23-29-28(30-24-27)26-18-16-25(17-19-26)15-12-11-13-21-31-20-4-2/h8-9,16-19,23-24H,3-7,10-15,20-22H2,1-2H3/b9-8+. The molecule has 0 radical (unpaired) electrons. The first-order valence-electron chi connectivity index (χ1n) is 12.6. The molecule has 0 aliphatic carbocycles. The number of hydrogen-bond donors (Lipinski definition) is 0. The van der Waals surface area contributed by atoms with Gasteiger partial charge >= 0.3 is 0 Å². The van der Waals surface area contributed by atoms with Gasteiger partial charge in [-0.3, -0.25) is 0 Å². The smallest absolute Gasteiger partial charge is 0.159 e. The number of aryl methyl sites for hydroxylation is 1. The molecule has 0 saturated carbocycles. The molecule has 1 aromatic heterocycles. The zero-order valence-corrected chi connectivity index (χ0v) is 20.2. The van der Waals surface area contributed by atoms with Crippen LogP contribution in [0.2, 0.25) is 0 Å². The summed E-state index contributed by atoms with van der Waals surface area (Å²) in [6.45, 7) is 6.85. The molecule has 2 aromatic rings. The van der Waals surface area contributed by atoms with Gasteiger partial charge in [-0.15, -0.1) is 0 Å². The highest BCUT2D eigenvalue weighted by atomic mass is 16.5. The van der Waals surface area contributed by atoms with Gasteiger partial charge in [0.25, 0.3) is 0 Å². The first-order valence-corrected chi connectivity index (χ1v) is 12.6. The summed E-state index contributed by atoms with van der Waals surface area (Å²) in [5.74, 6) is 1.48. The molecule has 1 heterocycles. The molecule has 0 atom stereocenters. The lowest BCUT2D eigenvalue weighted by Gasteiger charge is -2.07. The minimum Gasteiger partial charge on any atom is -0.490 e. The summed E-state index contributed by atoms with van der Waals surface area (Å²) in [5.41, 5.74) is 2.41. The second kappa shape index (κ2) is 17.4. The van der Waals surface area contributed by atoms with Crippen molar-refractivity contribution in [1.82, 2.24) is 9.97 Å². The van der Waals surface area contributed by atoms with Gasteiger partial charge < -0.3 is 9.47 Å². The maximum atomic E-state index is 5.78. The molecule has 2 rings (SSSR count). The van der Waals surface area contributed by atoms with E-state index in [0.29, 0.717) is 6.61 Å². The Morgan fingerprint density at radius 2 is 1.47 bits per heavy atom. The van der Waals surface area contributed by atoms with Gasteiger partial charge in [0.05, 0.1) is 19.0 Å². The highest BCUT2D eigenvalue weighted by molar-refractivity contribution is 5.55. The van der Waals surface area contributed by atoms with Crippen LogP contribution in [0.5, 0.6) is 5.75 Å². The van der Waals surface area contributed by atoms with Crippen LogP contribution in [0, 0.1) is 0 Å². The summed E-state index contributed by atoms with van der Waals surface area (Å²) in [7, 11) is 0. The third-order valence-electron chi connectivity index (χ3n) is 5.37. The van der Waals surface area contributed by atoms with Crippen molar-refractivity contribution in [3.63, 3.8) is 0 Å². The zero-order chi connectivity index (χ0) is 22.7. The molecule has 176 valence electrons. The largest absolute Gasteiger partial charge is 0.490 e. The summed E-state index contributed by atoms with van der Waals surface area (Å²) in [6.07, 6.45) is 21.0. The molecule has 0 aliphatic rings. The lowest BCUT2D eigenvalue weighted by Crippen LogP contribution is -1.98. The summed E-state index contributed by atoms with van der Waals surface area (Å²) >= 11 is 0. The first-order chi connectivity index (χ1) is 15.8. The number of ether oxygens (including phenoxy) is 2. The Labute approximate surface area is 195 Å². The lowest BCUT2D eigenvalue weighted by molar-refractivity contribution is 0.130. The Balaban J connectivity index is 1.63. The number of aromatic nitrogens is 2. The van der Waals surface area contributed by atoms with Crippen LogP contribution in [-0.4, -0.2) is 29.8 Å². The number of hydrogen-bond acceptors (Lipinski definition) is 4. The van der Waals surface area contributed by atoms with Crippen molar-refractivity contribution in [2.24, 2.45) is 0 Å². The minimum absolute atomic E-state index is 0.696. The highest BCUT2D eigenvalue weighted by Gasteiger charge is 2.03. The van der Waals surface area contributed by atoms with Crippen molar-refractivity contribution in [1.29, 1.82) is 0 Å². The SMILES string of the molecule is CCCCC/C=C/CCCOc1cnc(-c2ccc(CCCCCOCCC)cc2)nc1. The monoisotopic (exact) mass is 438 g/mol. The molecule has 4 nitrogen and oxygen atoms in total. The number of unbranched alkanes of at least 4 members (excludes halogenated alkanes) is 6. The fourth-order valence-corrected chi connectivity index (χ4v) is 3.46. The van der Waals surface area contributed by atoms with Crippen LogP contribution in [0.1, 0.15) is 83.6 Å². The van der Waals surface area contributed by atoms with E-state index in [-0.39, 0.29) is 0 Å². The quantitative estimate of drug-likeness (QED) is 0.178. The van der Waals surface area contributed by atoms with E-state index in [9.17, 15) is 0 Å². The predicted molar refractivity (Wildman–Crippen MR) is 134 cm³/mol. The lowest BCUT2D eigenvalue weighted by atomic mass is 10.0. The molecular weight excluding hydrogens is 396 g/mol. The first kappa shape index (κ1) is 26.1. The molecule has 4 heteroatoms. The molecule has 0 spiro atoms. The van der Waals surface area contributed by atoms with Gasteiger partial charge in [0.2, 0.25) is 0 Å². The van der Waals surface area contributed by atoms with Crippen LogP contribution in [0.4, 0.5) is 0 Å². The molecule has 0 bridgehead atoms. The molecule has 0 saturated heterocycles. The van der Waals surface area contributed by atoms with E-state index in [1.54, 1.807) is 12.4 Å². The summed E-state index contributed by atoms with van der Waals surface area (Å²) in [5, 5.41) is 0. The van der Waals surface area contributed by atoms with Crippen LogP contribution in [0.25, 0.3) is 11.4 Å². The second-order valence-corrected chi connectivity index (χ2v) is 8.32. The third kappa shape index (κ3) is 11.4. The Hall–Kier alpha value is -2.20. The average Bonchev–Trinajstić information content (AvgIpc) is 2.83. The maximum Gasteiger partial charge on any atom is 0.159 e. The number of nitrogens with zero attached hydrogens (tertiary/aromatic N) is 2. The van der Waals surface area contributed by atoms with E-state index in [1.807, 2.05) is 0 Å². The fraction of sp³-hybridized carbons (Fsp3) is 0.571. The minimum atomic E-state index is 0.696. The van der Waals surface area contributed by atoms with Crippen LogP contribution in [0.15, 0.2) is 48.8 Å². The van der Waals surface area contributed by atoms with Crippen molar-refractivity contribution in [3.05, 3.63) is 54.4 Å². The van der Waals surface area contributed by atoms with E-state index in [4.69, 9.17) is 9.47 Å². The van der Waals surface area contributed by atoms with Crippen LogP contribution in [0.3, 0.4) is 0 Å². The number of rotatable bonds is 18. The Kier molecular flexibility index (Phi) is 14.1. The van der Waals surface area contributed by atoms with E-state index >= 15 is 0 Å². The van der Waals surface area contributed by atoms with E-state index < -0.39 is 0 Å². The summed E-state index contributed by atoms with van der Waals surface area (Å²) in [6, 6.07) is 8.60. The Morgan fingerprint density at radius 1 is 0.719 bits per heavy atom. The molecule has 0 aliphatic heterocycles. The van der Waals surface area contributed by atoms with Gasteiger partial charge in [-0.2, -0.15) is 0 Å². The van der Waals surface area contributed by atoms with E-state index in [0.717, 1.165) is 62.5 Å². The molecule has 1 aromatic carbocycles. The van der Waals surface area contributed by atoms with Crippen molar-refractivity contribution in [2.45, 2.75) is 84.5 Å². The van der Waals surface area contributed by atoms with Gasteiger partial charge in [0.1, 0.15) is 0 Å². The number of allylic oxidation sites excluding steroid dienone is 2. The average molecular weight is 439 g/mol. The molecule has 0 unspecified atom stereocenters. The van der Waals surface area contributed by atoms with Gasteiger partial charge in [-0.25, -0.2) is 9.97 Å². The van der Waals surface area contributed by atoms with Gasteiger partial charge in [-0.1, -0.05) is 69.5 Å². The summed E-state index contributed by atoms with van der Waals surface area (Å²) in [4.78, 5) is 8.96. The van der Waals surface area contributed by atoms with E-state index in [2.05, 4.69) is 60.2 Å². The Bertz CT molecular complexity index is 726. The van der Waals surface area contributed by atoms with Crippen LogP contribution in [-0.2, 0) is 11.2 Å². The Morgan fingerprint density at radius 3 is 2.19 bits per heavy atom. The van der Waals surface area contributed by atoms with E-state index in [1.165, 1.54) is 44.1 Å². The van der Waals surface area contributed by atoms with Crippen molar-refractivity contribution < 1.29 is 9.47 Å². The van der Waals surface area contributed by atoms with Crippen molar-refractivity contribution >= 4 is 0 Å². The van der Waals surface area contributed by atoms with Gasteiger partial charge in [0, 0.05) is 18.8 Å². The van der Waals surface area contributed by atoms with Gasteiger partial charge in [-0.05, 0) is 56.9 Å². The van der Waals surface area contributed by atoms with Crippen molar-refractivity contribution in [2.75, 3.05) is 19.8 Å². The predicted octanol–water partition coefficient (Wildman–Crippen LogP) is 7.58. The maximum absolute atomic E-state index is 5.78. The van der Waals surface area contributed by atoms with Gasteiger partial charge in [0.15, 0.2) is 11.6 Å². The zero-order valence-electron chi connectivity index (χ0n) is 20.2. The second-order valence-electron chi connectivity index (χ2n) is 8.32. The van der Waals surface area contributed by atoms with Crippen molar-refractivity contribution in [3.8, 4) is 17.1 Å². The molecular formula is C28H42N2O2. The molecule has 0 fully saturated rings. The van der Waals surface area contributed by atoms with Crippen LogP contribution >= 0.6 is 0 Å². The summed E-state index contributed by atoms with van der Waals surface area (Å²) < 4.78 is 11.3. The highest BCUT2D eigenvalue weighted by Crippen LogP contribution is 2.18. The normalized spacial score (nSPS) is 11.3.